The lowest BCUT2D eigenvalue weighted by Crippen LogP contribution is -2.13. The van der Waals surface area contributed by atoms with Crippen LogP contribution in [0.3, 0.4) is 0 Å². The zero-order chi connectivity index (χ0) is 21.0. The third-order valence-corrected chi connectivity index (χ3v) is 4.40. The van der Waals surface area contributed by atoms with Gasteiger partial charge >= 0.3 is 0 Å². The number of ether oxygens (including phenoxy) is 1. The second-order valence-corrected chi connectivity index (χ2v) is 6.33. The van der Waals surface area contributed by atoms with Gasteiger partial charge in [-0.2, -0.15) is 10.4 Å². The van der Waals surface area contributed by atoms with Crippen LogP contribution in [0.1, 0.15) is 17.0 Å². The first-order chi connectivity index (χ1) is 13.9. The summed E-state index contributed by atoms with van der Waals surface area (Å²) < 4.78 is 20.0. The largest absolute Gasteiger partial charge is 0.497 e. The number of benzene rings is 2. The zero-order valence-electron chi connectivity index (χ0n) is 16.2. The number of hydrogen-bond donors (Lipinski definition) is 1. The van der Waals surface area contributed by atoms with Gasteiger partial charge in [-0.15, -0.1) is 0 Å². The van der Waals surface area contributed by atoms with E-state index in [-0.39, 0.29) is 11.4 Å². The second-order valence-electron chi connectivity index (χ2n) is 6.33. The molecule has 0 radical (unpaired) electrons. The van der Waals surface area contributed by atoms with Gasteiger partial charge in [-0.1, -0.05) is 6.07 Å². The van der Waals surface area contributed by atoms with E-state index in [1.807, 2.05) is 13.0 Å². The number of hydrogen-bond acceptors (Lipinski definition) is 4. The van der Waals surface area contributed by atoms with Gasteiger partial charge < -0.3 is 10.1 Å². The maximum absolute atomic E-state index is 13.2. The maximum Gasteiger partial charge on any atom is 0.266 e. The first kappa shape index (κ1) is 19.8. The van der Waals surface area contributed by atoms with E-state index in [9.17, 15) is 14.4 Å². The molecule has 1 N–H and O–H groups in total. The fourth-order valence-electron chi connectivity index (χ4n) is 2.89. The quantitative estimate of drug-likeness (QED) is 0.523. The van der Waals surface area contributed by atoms with Crippen LogP contribution < -0.4 is 10.1 Å². The number of methoxy groups -OCH3 is 1. The van der Waals surface area contributed by atoms with E-state index in [1.165, 1.54) is 25.3 Å². The number of anilines is 1. The molecule has 0 aliphatic carbocycles. The van der Waals surface area contributed by atoms with Crippen LogP contribution in [0.25, 0.3) is 11.8 Å². The molecule has 6 nitrogen and oxygen atoms in total. The summed E-state index contributed by atoms with van der Waals surface area (Å²) in [4.78, 5) is 12.6. The van der Waals surface area contributed by atoms with Crippen molar-refractivity contribution in [2.24, 2.45) is 0 Å². The van der Waals surface area contributed by atoms with Crippen LogP contribution in [0.4, 0.5) is 10.1 Å². The summed E-state index contributed by atoms with van der Waals surface area (Å²) in [7, 11) is 1.53. The Bertz CT molecular complexity index is 1120. The summed E-state index contributed by atoms with van der Waals surface area (Å²) in [5.74, 6) is -0.275. The van der Waals surface area contributed by atoms with E-state index in [1.54, 1.807) is 48.0 Å². The molecule has 1 aromatic heterocycles. The fraction of sp³-hybridized carbons (Fsp3) is 0.136. The third-order valence-electron chi connectivity index (χ3n) is 4.40. The van der Waals surface area contributed by atoms with Crippen molar-refractivity contribution in [3.05, 3.63) is 76.9 Å². The minimum atomic E-state index is -0.533. The van der Waals surface area contributed by atoms with Gasteiger partial charge in [0.05, 0.1) is 18.5 Å². The molecule has 0 aliphatic heterocycles. The van der Waals surface area contributed by atoms with Crippen molar-refractivity contribution in [1.82, 2.24) is 9.78 Å². The molecule has 146 valence electrons. The van der Waals surface area contributed by atoms with Gasteiger partial charge in [0.15, 0.2) is 0 Å². The first-order valence-electron chi connectivity index (χ1n) is 8.82. The van der Waals surface area contributed by atoms with Gasteiger partial charge in [-0.05, 0) is 56.3 Å². The number of nitrogens with zero attached hydrogens (tertiary/aromatic N) is 3. The average molecular weight is 390 g/mol. The van der Waals surface area contributed by atoms with Crippen LogP contribution in [0.2, 0.25) is 0 Å². The second kappa shape index (κ2) is 8.40. The molecule has 0 unspecified atom stereocenters. The number of carbonyl (C=O) groups is 1. The minimum absolute atomic E-state index is 0.0577. The van der Waals surface area contributed by atoms with Gasteiger partial charge in [0.2, 0.25) is 0 Å². The molecule has 7 heteroatoms. The van der Waals surface area contributed by atoms with E-state index in [0.717, 1.165) is 5.69 Å². The molecule has 0 aliphatic rings. The highest BCUT2D eigenvalue weighted by Crippen LogP contribution is 2.22. The van der Waals surface area contributed by atoms with Gasteiger partial charge in [-0.25, -0.2) is 9.07 Å². The SMILES string of the molecule is COc1cccc(NC(=O)C(C#N)=Cc2c(C)nn(-c3ccc(F)cc3)c2C)c1. The van der Waals surface area contributed by atoms with Gasteiger partial charge in [0, 0.05) is 23.0 Å². The summed E-state index contributed by atoms with van der Waals surface area (Å²) in [6.07, 6.45) is 1.51. The van der Waals surface area contributed by atoms with Crippen LogP contribution in [-0.2, 0) is 4.79 Å². The number of rotatable bonds is 5. The minimum Gasteiger partial charge on any atom is -0.497 e. The van der Waals surface area contributed by atoms with Crippen LogP contribution in [0.5, 0.6) is 5.75 Å². The van der Waals surface area contributed by atoms with Crippen LogP contribution >= 0.6 is 0 Å². The normalized spacial score (nSPS) is 11.1. The molecule has 0 saturated heterocycles. The number of halogens is 1. The molecule has 29 heavy (non-hydrogen) atoms. The highest BCUT2D eigenvalue weighted by Gasteiger charge is 2.16. The lowest BCUT2D eigenvalue weighted by molar-refractivity contribution is -0.112. The van der Waals surface area contributed by atoms with Crippen LogP contribution in [0.15, 0.2) is 54.1 Å². The molecule has 0 fully saturated rings. The Morgan fingerprint density at radius 3 is 2.62 bits per heavy atom. The lowest BCUT2D eigenvalue weighted by atomic mass is 10.1. The Hall–Kier alpha value is -3.92. The summed E-state index contributed by atoms with van der Waals surface area (Å²) in [6.45, 7) is 3.61. The van der Waals surface area contributed by atoms with E-state index >= 15 is 0 Å². The molecule has 3 aromatic rings. The molecule has 2 aromatic carbocycles. The van der Waals surface area contributed by atoms with E-state index in [4.69, 9.17) is 4.74 Å². The first-order valence-corrected chi connectivity index (χ1v) is 8.82. The Balaban J connectivity index is 1.91. The van der Waals surface area contributed by atoms with Crippen molar-refractivity contribution < 1.29 is 13.9 Å². The van der Waals surface area contributed by atoms with Crippen LogP contribution in [-0.4, -0.2) is 22.8 Å². The Kier molecular flexibility index (Phi) is 5.74. The Morgan fingerprint density at radius 2 is 1.97 bits per heavy atom. The maximum atomic E-state index is 13.2. The predicted molar refractivity (Wildman–Crippen MR) is 108 cm³/mol. The highest BCUT2D eigenvalue weighted by atomic mass is 19.1. The summed E-state index contributed by atoms with van der Waals surface area (Å²) >= 11 is 0. The van der Waals surface area contributed by atoms with Gasteiger partial charge in [0.1, 0.15) is 23.2 Å². The van der Waals surface area contributed by atoms with Crippen molar-refractivity contribution in [3.8, 4) is 17.5 Å². The van der Waals surface area contributed by atoms with Crippen molar-refractivity contribution in [1.29, 1.82) is 5.26 Å². The van der Waals surface area contributed by atoms with Crippen LogP contribution in [0, 0.1) is 31.0 Å². The molecular formula is C22H19FN4O2. The monoisotopic (exact) mass is 390 g/mol. The lowest BCUT2D eigenvalue weighted by Gasteiger charge is -2.07. The van der Waals surface area contributed by atoms with E-state index in [2.05, 4.69) is 10.4 Å². The Labute approximate surface area is 167 Å². The molecule has 1 heterocycles. The summed E-state index contributed by atoms with van der Waals surface area (Å²) in [5.41, 5.74) is 3.19. The average Bonchev–Trinajstić information content (AvgIpc) is 3.00. The molecular weight excluding hydrogens is 371 g/mol. The van der Waals surface area contributed by atoms with Crippen molar-refractivity contribution in [3.63, 3.8) is 0 Å². The molecule has 3 rings (SSSR count). The molecule has 0 bridgehead atoms. The van der Waals surface area contributed by atoms with Crippen molar-refractivity contribution in [2.45, 2.75) is 13.8 Å². The number of amides is 1. The smallest absolute Gasteiger partial charge is 0.266 e. The fourth-order valence-corrected chi connectivity index (χ4v) is 2.89. The molecule has 1 amide bonds. The number of carbonyl (C=O) groups excluding carboxylic acids is 1. The third kappa shape index (κ3) is 4.33. The van der Waals surface area contributed by atoms with Gasteiger partial charge in [-0.3, -0.25) is 4.79 Å². The van der Waals surface area contributed by atoms with Gasteiger partial charge in [0.25, 0.3) is 5.91 Å². The molecule has 0 atom stereocenters. The summed E-state index contributed by atoms with van der Waals surface area (Å²) in [6, 6.07) is 14.7. The predicted octanol–water partition coefficient (Wildman–Crippen LogP) is 4.18. The number of aryl methyl sites for hydroxylation is 1. The zero-order valence-corrected chi connectivity index (χ0v) is 16.2. The van der Waals surface area contributed by atoms with Crippen molar-refractivity contribution in [2.75, 3.05) is 12.4 Å². The molecule has 0 saturated carbocycles. The molecule has 0 spiro atoms. The van der Waals surface area contributed by atoms with E-state index < -0.39 is 5.91 Å². The highest BCUT2D eigenvalue weighted by molar-refractivity contribution is 6.09. The number of aromatic nitrogens is 2. The standard InChI is InChI=1S/C22H19FN4O2/c1-14-21(15(2)27(26-14)19-9-7-17(23)8-10-19)11-16(13-24)22(28)25-18-5-4-6-20(12-18)29-3/h4-12H,1-3H3,(H,25,28). The van der Waals surface area contributed by atoms with E-state index in [0.29, 0.717) is 28.4 Å². The Morgan fingerprint density at radius 1 is 1.24 bits per heavy atom. The topological polar surface area (TPSA) is 79.9 Å². The van der Waals surface area contributed by atoms with Crippen molar-refractivity contribution >= 4 is 17.7 Å². The summed E-state index contributed by atoms with van der Waals surface area (Å²) in [5, 5.41) is 16.6. The number of nitriles is 1. The number of nitrogens with one attached hydrogen (secondary N) is 1.